The molecule has 0 aliphatic rings. The summed E-state index contributed by atoms with van der Waals surface area (Å²) >= 11 is 13.4. The van der Waals surface area contributed by atoms with Crippen LogP contribution in [0.5, 0.6) is 0 Å². The fraction of sp³-hybridized carbons (Fsp3) is 0.154. The SMILES string of the molecule is CC(=O)Nc1ccsc1CNc1ccc(Cl)c(Cl)c1. The maximum atomic E-state index is 11.1. The Morgan fingerprint density at radius 2 is 2.05 bits per heavy atom. The molecule has 0 fully saturated rings. The van der Waals surface area contributed by atoms with Crippen LogP contribution in [0.3, 0.4) is 0 Å². The molecule has 0 unspecified atom stereocenters. The minimum atomic E-state index is -0.0748. The number of anilines is 2. The molecule has 1 amide bonds. The van der Waals surface area contributed by atoms with Crippen molar-refractivity contribution in [2.75, 3.05) is 10.6 Å². The van der Waals surface area contributed by atoms with Gasteiger partial charge in [-0.15, -0.1) is 11.3 Å². The molecule has 2 aromatic rings. The van der Waals surface area contributed by atoms with Gasteiger partial charge in [0, 0.05) is 17.5 Å². The molecule has 0 saturated heterocycles. The van der Waals surface area contributed by atoms with Crippen LogP contribution in [0, 0.1) is 0 Å². The van der Waals surface area contributed by atoms with Crippen molar-refractivity contribution in [1.29, 1.82) is 0 Å². The van der Waals surface area contributed by atoms with Crippen molar-refractivity contribution in [2.45, 2.75) is 13.5 Å². The van der Waals surface area contributed by atoms with Crippen LogP contribution in [-0.2, 0) is 11.3 Å². The quantitative estimate of drug-likeness (QED) is 0.864. The number of benzene rings is 1. The minimum Gasteiger partial charge on any atom is -0.380 e. The number of hydrogen-bond donors (Lipinski definition) is 2. The van der Waals surface area contributed by atoms with E-state index in [1.165, 1.54) is 6.92 Å². The van der Waals surface area contributed by atoms with Crippen LogP contribution in [0.4, 0.5) is 11.4 Å². The fourth-order valence-electron chi connectivity index (χ4n) is 1.57. The Morgan fingerprint density at radius 1 is 1.26 bits per heavy atom. The molecule has 0 saturated carbocycles. The average Bonchev–Trinajstić information content (AvgIpc) is 2.77. The Hall–Kier alpha value is -1.23. The molecule has 6 heteroatoms. The van der Waals surface area contributed by atoms with Crippen molar-refractivity contribution in [3.63, 3.8) is 0 Å². The first-order valence-electron chi connectivity index (χ1n) is 5.59. The topological polar surface area (TPSA) is 41.1 Å². The largest absolute Gasteiger partial charge is 0.380 e. The van der Waals surface area contributed by atoms with Gasteiger partial charge in [-0.1, -0.05) is 23.2 Å². The van der Waals surface area contributed by atoms with Gasteiger partial charge in [0.05, 0.1) is 22.3 Å². The summed E-state index contributed by atoms with van der Waals surface area (Å²) in [5, 5.41) is 9.02. The number of rotatable bonds is 4. The van der Waals surface area contributed by atoms with Crippen LogP contribution in [0.1, 0.15) is 11.8 Å². The third-order valence-corrected chi connectivity index (χ3v) is 4.09. The van der Waals surface area contributed by atoms with Gasteiger partial charge in [0.2, 0.25) is 5.91 Å². The Bertz CT molecular complexity index is 598. The summed E-state index contributed by atoms with van der Waals surface area (Å²) < 4.78 is 0. The van der Waals surface area contributed by atoms with Crippen molar-refractivity contribution < 1.29 is 4.79 Å². The highest BCUT2D eigenvalue weighted by Gasteiger charge is 2.06. The highest BCUT2D eigenvalue weighted by Crippen LogP contribution is 2.27. The molecule has 1 aromatic heterocycles. The summed E-state index contributed by atoms with van der Waals surface area (Å²) in [4.78, 5) is 12.1. The van der Waals surface area contributed by atoms with Gasteiger partial charge in [0.15, 0.2) is 0 Å². The lowest BCUT2D eigenvalue weighted by Crippen LogP contribution is -2.08. The Balaban J connectivity index is 2.04. The van der Waals surface area contributed by atoms with Crippen LogP contribution < -0.4 is 10.6 Å². The Labute approximate surface area is 125 Å². The van der Waals surface area contributed by atoms with Crippen LogP contribution in [0.15, 0.2) is 29.6 Å². The van der Waals surface area contributed by atoms with Crippen molar-refractivity contribution in [3.8, 4) is 0 Å². The monoisotopic (exact) mass is 314 g/mol. The van der Waals surface area contributed by atoms with Crippen LogP contribution in [0.2, 0.25) is 10.0 Å². The lowest BCUT2D eigenvalue weighted by molar-refractivity contribution is -0.114. The smallest absolute Gasteiger partial charge is 0.221 e. The normalized spacial score (nSPS) is 10.3. The molecule has 2 N–H and O–H groups in total. The molecule has 0 bridgehead atoms. The maximum absolute atomic E-state index is 11.1. The molecule has 0 aliphatic carbocycles. The van der Waals surface area contributed by atoms with E-state index < -0.39 is 0 Å². The molecule has 1 aromatic carbocycles. The zero-order valence-corrected chi connectivity index (χ0v) is 12.5. The van der Waals surface area contributed by atoms with Gasteiger partial charge in [0.1, 0.15) is 0 Å². The predicted molar refractivity (Wildman–Crippen MR) is 82.4 cm³/mol. The standard InChI is InChI=1S/C13H12Cl2N2OS/c1-8(18)17-12-4-5-19-13(12)7-16-9-2-3-10(14)11(15)6-9/h2-6,16H,7H2,1H3,(H,17,18). The molecular weight excluding hydrogens is 303 g/mol. The Morgan fingerprint density at radius 3 is 2.74 bits per heavy atom. The summed E-state index contributed by atoms with van der Waals surface area (Å²) in [6, 6.07) is 7.27. The predicted octanol–water partition coefficient (Wildman–Crippen LogP) is 4.63. The van der Waals surface area contributed by atoms with Gasteiger partial charge in [-0.25, -0.2) is 0 Å². The first-order chi connectivity index (χ1) is 9.06. The van der Waals surface area contributed by atoms with Gasteiger partial charge < -0.3 is 10.6 Å². The van der Waals surface area contributed by atoms with E-state index in [0.29, 0.717) is 16.6 Å². The van der Waals surface area contributed by atoms with E-state index in [2.05, 4.69) is 10.6 Å². The molecule has 3 nitrogen and oxygen atoms in total. The van der Waals surface area contributed by atoms with Crippen molar-refractivity contribution in [2.24, 2.45) is 0 Å². The fourth-order valence-corrected chi connectivity index (χ4v) is 2.63. The molecule has 2 rings (SSSR count). The van der Waals surface area contributed by atoms with Gasteiger partial charge >= 0.3 is 0 Å². The van der Waals surface area contributed by atoms with Crippen molar-refractivity contribution in [3.05, 3.63) is 44.6 Å². The highest BCUT2D eigenvalue weighted by atomic mass is 35.5. The third kappa shape index (κ3) is 3.86. The Kier molecular flexibility index (Phi) is 4.69. The van der Waals surface area contributed by atoms with E-state index in [4.69, 9.17) is 23.2 Å². The third-order valence-electron chi connectivity index (χ3n) is 2.43. The molecule has 19 heavy (non-hydrogen) atoms. The first kappa shape index (κ1) is 14.2. The molecule has 0 spiro atoms. The average molecular weight is 315 g/mol. The van der Waals surface area contributed by atoms with Crippen LogP contribution >= 0.6 is 34.5 Å². The number of carbonyl (C=O) groups is 1. The number of hydrogen-bond acceptors (Lipinski definition) is 3. The molecule has 0 aliphatic heterocycles. The lowest BCUT2D eigenvalue weighted by Gasteiger charge is -2.08. The summed E-state index contributed by atoms with van der Waals surface area (Å²) in [7, 11) is 0. The van der Waals surface area contributed by atoms with Gasteiger partial charge in [-0.05, 0) is 29.6 Å². The van der Waals surface area contributed by atoms with Crippen LogP contribution in [0.25, 0.3) is 0 Å². The zero-order chi connectivity index (χ0) is 13.8. The van der Waals surface area contributed by atoms with E-state index in [0.717, 1.165) is 16.3 Å². The zero-order valence-electron chi connectivity index (χ0n) is 10.2. The van der Waals surface area contributed by atoms with Gasteiger partial charge in [-0.3, -0.25) is 4.79 Å². The number of carbonyl (C=O) groups excluding carboxylic acids is 1. The van der Waals surface area contributed by atoms with E-state index in [-0.39, 0.29) is 5.91 Å². The first-order valence-corrected chi connectivity index (χ1v) is 7.22. The molecule has 0 radical (unpaired) electrons. The van der Waals surface area contributed by atoms with Crippen LogP contribution in [-0.4, -0.2) is 5.91 Å². The van der Waals surface area contributed by atoms with Gasteiger partial charge in [0.25, 0.3) is 0 Å². The second-order valence-corrected chi connectivity index (χ2v) is 5.74. The van der Waals surface area contributed by atoms with E-state index >= 15 is 0 Å². The highest BCUT2D eigenvalue weighted by molar-refractivity contribution is 7.10. The number of nitrogens with one attached hydrogen (secondary N) is 2. The maximum Gasteiger partial charge on any atom is 0.221 e. The minimum absolute atomic E-state index is 0.0748. The summed E-state index contributed by atoms with van der Waals surface area (Å²) in [5.41, 5.74) is 1.72. The van der Waals surface area contributed by atoms with E-state index in [1.54, 1.807) is 23.5 Å². The number of amides is 1. The summed E-state index contributed by atoms with van der Waals surface area (Å²) in [5.74, 6) is -0.0748. The van der Waals surface area contributed by atoms with Crippen molar-refractivity contribution >= 4 is 51.8 Å². The van der Waals surface area contributed by atoms with E-state index in [9.17, 15) is 4.79 Å². The number of thiophene rings is 1. The summed E-state index contributed by atoms with van der Waals surface area (Å²) in [6.07, 6.45) is 0. The van der Waals surface area contributed by atoms with E-state index in [1.807, 2.05) is 17.5 Å². The molecule has 0 atom stereocenters. The molecular formula is C13H12Cl2N2OS. The second kappa shape index (κ2) is 6.28. The number of halogens is 2. The van der Waals surface area contributed by atoms with Gasteiger partial charge in [-0.2, -0.15) is 0 Å². The molecule has 1 heterocycles. The van der Waals surface area contributed by atoms with Crippen molar-refractivity contribution in [1.82, 2.24) is 0 Å². The molecule has 100 valence electrons. The summed E-state index contributed by atoms with van der Waals surface area (Å²) in [6.45, 7) is 2.11. The second-order valence-electron chi connectivity index (χ2n) is 3.92. The lowest BCUT2D eigenvalue weighted by atomic mass is 10.3.